The number of nitro groups is 1. The van der Waals surface area contributed by atoms with Crippen LogP contribution in [-0.4, -0.2) is 74.8 Å². The smallest absolute Gasteiger partial charge is 0.269 e. The van der Waals surface area contributed by atoms with Gasteiger partial charge in [0.05, 0.1) is 15.5 Å². The molecule has 31 heavy (non-hydrogen) atoms. The number of amides is 1. The number of tetrazole rings is 1. The van der Waals surface area contributed by atoms with Crippen LogP contribution in [0.2, 0.25) is 0 Å². The van der Waals surface area contributed by atoms with Crippen LogP contribution in [0, 0.1) is 10.1 Å². The second-order valence-corrected chi connectivity index (χ2v) is 8.69. The van der Waals surface area contributed by atoms with Crippen LogP contribution >= 0.6 is 0 Å². The van der Waals surface area contributed by atoms with E-state index < -0.39 is 14.9 Å². The Bertz CT molecular complexity index is 1200. The Balaban J connectivity index is 1.44. The number of piperazine rings is 1. The highest BCUT2D eigenvalue weighted by Gasteiger charge is 2.30. The fourth-order valence-corrected chi connectivity index (χ4v) is 4.69. The molecule has 0 aliphatic carbocycles. The second-order valence-electron chi connectivity index (χ2n) is 6.75. The van der Waals surface area contributed by atoms with Crippen LogP contribution in [0.15, 0.2) is 59.8 Å². The molecule has 2 heterocycles. The maximum atomic E-state index is 12.9. The molecule has 1 aliphatic rings. The average Bonchev–Trinajstić information content (AvgIpc) is 3.34. The summed E-state index contributed by atoms with van der Waals surface area (Å²) in [5, 5.41) is 21.7. The number of aromatic nitrogens is 4. The van der Waals surface area contributed by atoms with Crippen LogP contribution in [0.1, 0.15) is 10.4 Å². The van der Waals surface area contributed by atoms with Crippen molar-refractivity contribution in [3.8, 4) is 5.69 Å². The SMILES string of the molecule is O=C(c1cccc(-n2cnnn2)c1)N1CCN(S(=O)(=O)c2ccc([N+](=O)[O-])cc2)CC1. The Morgan fingerprint density at radius 2 is 1.74 bits per heavy atom. The molecule has 0 saturated carbocycles. The molecule has 1 amide bonds. The number of non-ortho nitro benzene ring substituents is 1. The highest BCUT2D eigenvalue weighted by atomic mass is 32.2. The summed E-state index contributed by atoms with van der Waals surface area (Å²) >= 11 is 0. The maximum Gasteiger partial charge on any atom is 0.269 e. The number of carbonyl (C=O) groups excluding carboxylic acids is 1. The normalized spacial score (nSPS) is 15.0. The predicted molar refractivity (Wildman–Crippen MR) is 107 cm³/mol. The van der Waals surface area contributed by atoms with Crippen LogP contribution in [0.3, 0.4) is 0 Å². The molecule has 1 aromatic heterocycles. The van der Waals surface area contributed by atoms with E-state index in [-0.39, 0.29) is 42.7 Å². The zero-order valence-corrected chi connectivity index (χ0v) is 16.9. The molecule has 0 spiro atoms. The molecular weight excluding hydrogens is 426 g/mol. The minimum atomic E-state index is -3.81. The van der Waals surface area contributed by atoms with Gasteiger partial charge in [-0.25, -0.2) is 13.1 Å². The van der Waals surface area contributed by atoms with Gasteiger partial charge in [0.2, 0.25) is 10.0 Å². The van der Waals surface area contributed by atoms with Crippen molar-refractivity contribution in [1.82, 2.24) is 29.4 Å². The molecule has 1 fully saturated rings. The van der Waals surface area contributed by atoms with E-state index >= 15 is 0 Å². The lowest BCUT2D eigenvalue weighted by Gasteiger charge is -2.34. The number of carbonyl (C=O) groups is 1. The number of rotatable bonds is 5. The molecule has 0 atom stereocenters. The molecule has 12 nitrogen and oxygen atoms in total. The van der Waals surface area contributed by atoms with Gasteiger partial charge in [0.15, 0.2) is 0 Å². The van der Waals surface area contributed by atoms with E-state index in [9.17, 15) is 23.3 Å². The first-order valence-corrected chi connectivity index (χ1v) is 10.7. The summed E-state index contributed by atoms with van der Waals surface area (Å²) < 4.78 is 28.4. The summed E-state index contributed by atoms with van der Waals surface area (Å²) in [5.41, 5.74) is 0.896. The summed E-state index contributed by atoms with van der Waals surface area (Å²) in [6.07, 6.45) is 1.42. The first-order valence-electron chi connectivity index (χ1n) is 9.23. The molecule has 1 aliphatic heterocycles. The number of hydrogen-bond acceptors (Lipinski definition) is 8. The molecule has 3 aromatic rings. The molecular formula is C18H17N7O5S. The van der Waals surface area contributed by atoms with Crippen molar-refractivity contribution >= 4 is 21.6 Å². The summed E-state index contributed by atoms with van der Waals surface area (Å²) in [6.45, 7) is 0.690. The first kappa shape index (κ1) is 20.6. The molecule has 0 radical (unpaired) electrons. The number of sulfonamides is 1. The third-order valence-corrected chi connectivity index (χ3v) is 6.83. The Kier molecular flexibility index (Phi) is 5.44. The van der Waals surface area contributed by atoms with Crippen molar-refractivity contribution in [3.05, 3.63) is 70.5 Å². The third kappa shape index (κ3) is 4.13. The number of nitro benzene ring substituents is 1. The number of hydrogen-bond donors (Lipinski definition) is 0. The highest BCUT2D eigenvalue weighted by Crippen LogP contribution is 2.21. The van der Waals surface area contributed by atoms with Crippen LogP contribution < -0.4 is 0 Å². The largest absolute Gasteiger partial charge is 0.336 e. The second kappa shape index (κ2) is 8.20. The fraction of sp³-hybridized carbons (Fsp3) is 0.222. The molecule has 160 valence electrons. The van der Waals surface area contributed by atoms with E-state index in [4.69, 9.17) is 0 Å². The Labute approximate surface area is 176 Å². The van der Waals surface area contributed by atoms with Crippen molar-refractivity contribution in [2.24, 2.45) is 0 Å². The van der Waals surface area contributed by atoms with Crippen LogP contribution in [0.25, 0.3) is 5.69 Å². The van der Waals surface area contributed by atoms with E-state index in [1.807, 2.05) is 0 Å². The first-order chi connectivity index (χ1) is 14.9. The standard InChI is InChI=1S/C18H17N7O5S/c26-18(14-2-1-3-16(12-14)24-13-19-20-21-24)22-8-10-23(11-9-22)31(29,30)17-6-4-15(5-7-17)25(27)28/h1-7,12-13H,8-11H2. The van der Waals surface area contributed by atoms with Crippen molar-refractivity contribution < 1.29 is 18.1 Å². The molecule has 1 saturated heterocycles. The van der Waals surface area contributed by atoms with Gasteiger partial charge in [-0.2, -0.15) is 4.31 Å². The summed E-state index contributed by atoms with van der Waals surface area (Å²) in [4.78, 5) is 24.6. The van der Waals surface area contributed by atoms with Crippen molar-refractivity contribution in [2.75, 3.05) is 26.2 Å². The highest BCUT2D eigenvalue weighted by molar-refractivity contribution is 7.89. The maximum absolute atomic E-state index is 12.9. The van der Waals surface area contributed by atoms with Gasteiger partial charge >= 0.3 is 0 Å². The zero-order chi connectivity index (χ0) is 22.0. The molecule has 4 rings (SSSR count). The van der Waals surface area contributed by atoms with Gasteiger partial charge in [-0.15, -0.1) is 5.10 Å². The predicted octanol–water partition coefficient (Wildman–Crippen LogP) is 0.717. The zero-order valence-electron chi connectivity index (χ0n) is 16.1. The lowest BCUT2D eigenvalue weighted by molar-refractivity contribution is -0.384. The van der Waals surface area contributed by atoms with Gasteiger partial charge in [0, 0.05) is 43.9 Å². The molecule has 2 aromatic carbocycles. The van der Waals surface area contributed by atoms with Crippen LogP contribution in [0.5, 0.6) is 0 Å². The minimum absolute atomic E-state index is 0.0213. The Hall–Kier alpha value is -3.71. The average molecular weight is 443 g/mol. The molecule has 0 bridgehead atoms. The number of benzene rings is 2. The Morgan fingerprint density at radius 1 is 1.03 bits per heavy atom. The van der Waals surface area contributed by atoms with Gasteiger partial charge in [-0.1, -0.05) is 6.07 Å². The van der Waals surface area contributed by atoms with E-state index in [0.717, 1.165) is 12.1 Å². The number of nitrogens with zero attached hydrogens (tertiary/aromatic N) is 7. The fourth-order valence-electron chi connectivity index (χ4n) is 3.26. The molecule has 0 N–H and O–H groups in total. The Morgan fingerprint density at radius 3 is 2.35 bits per heavy atom. The van der Waals surface area contributed by atoms with E-state index in [0.29, 0.717) is 11.3 Å². The van der Waals surface area contributed by atoms with Crippen LogP contribution in [0.4, 0.5) is 5.69 Å². The quantitative estimate of drug-likeness (QED) is 0.414. The lowest BCUT2D eigenvalue weighted by Crippen LogP contribution is -2.50. The monoisotopic (exact) mass is 443 g/mol. The van der Waals surface area contributed by atoms with Crippen LogP contribution in [-0.2, 0) is 10.0 Å². The molecule has 13 heteroatoms. The summed E-state index contributed by atoms with van der Waals surface area (Å²) in [7, 11) is -3.81. The minimum Gasteiger partial charge on any atom is -0.336 e. The topological polar surface area (TPSA) is 144 Å². The van der Waals surface area contributed by atoms with Gasteiger partial charge in [-0.3, -0.25) is 14.9 Å². The summed E-state index contributed by atoms with van der Waals surface area (Å²) in [6, 6.07) is 11.6. The van der Waals surface area contributed by atoms with E-state index in [2.05, 4.69) is 15.5 Å². The third-order valence-electron chi connectivity index (χ3n) is 4.92. The van der Waals surface area contributed by atoms with Crippen molar-refractivity contribution in [2.45, 2.75) is 4.90 Å². The van der Waals surface area contributed by atoms with Gasteiger partial charge in [0.1, 0.15) is 6.33 Å². The van der Waals surface area contributed by atoms with Gasteiger partial charge < -0.3 is 4.90 Å². The molecule has 0 unspecified atom stereocenters. The van der Waals surface area contributed by atoms with Gasteiger partial charge in [-0.05, 0) is 40.8 Å². The lowest BCUT2D eigenvalue weighted by atomic mass is 10.1. The van der Waals surface area contributed by atoms with Crippen molar-refractivity contribution in [1.29, 1.82) is 0 Å². The van der Waals surface area contributed by atoms with E-state index in [1.165, 1.54) is 27.4 Å². The van der Waals surface area contributed by atoms with Gasteiger partial charge in [0.25, 0.3) is 11.6 Å². The van der Waals surface area contributed by atoms with Crippen molar-refractivity contribution in [3.63, 3.8) is 0 Å². The summed E-state index contributed by atoms with van der Waals surface area (Å²) in [5.74, 6) is -0.220. The van der Waals surface area contributed by atoms with E-state index in [1.54, 1.807) is 29.2 Å².